The highest BCUT2D eigenvalue weighted by molar-refractivity contribution is 5.85. The first-order valence-corrected chi connectivity index (χ1v) is 9.25. The van der Waals surface area contributed by atoms with Gasteiger partial charge in [-0.3, -0.25) is 9.59 Å². The van der Waals surface area contributed by atoms with Crippen LogP contribution in [-0.2, 0) is 28.5 Å². The van der Waals surface area contributed by atoms with E-state index in [1.165, 1.54) is 0 Å². The van der Waals surface area contributed by atoms with E-state index in [2.05, 4.69) is 0 Å². The van der Waals surface area contributed by atoms with Gasteiger partial charge in [-0.05, 0) is 38.5 Å². The van der Waals surface area contributed by atoms with Crippen molar-refractivity contribution in [1.29, 1.82) is 0 Å². The number of hydrogen-bond acceptors (Lipinski definition) is 6. The van der Waals surface area contributed by atoms with E-state index in [1.807, 2.05) is 6.92 Å². The Balaban J connectivity index is 1.82. The van der Waals surface area contributed by atoms with E-state index in [0.717, 1.165) is 38.5 Å². The summed E-state index contributed by atoms with van der Waals surface area (Å²) in [5.41, 5.74) is 0. The number of ether oxygens (including phenoxy) is 4. The zero-order valence-electron chi connectivity index (χ0n) is 14.7. The minimum absolute atomic E-state index is 0.0200. The van der Waals surface area contributed by atoms with Gasteiger partial charge in [0, 0.05) is 32.5 Å². The number of Topliss-reactive ketones (excluding diaryl/α,β-unsaturated/α-hetero) is 2. The maximum Gasteiger partial charge on any atom is 0.170 e. The van der Waals surface area contributed by atoms with Crippen molar-refractivity contribution >= 4 is 11.6 Å². The van der Waals surface area contributed by atoms with E-state index in [9.17, 15) is 9.59 Å². The third kappa shape index (κ3) is 7.38. The highest BCUT2D eigenvalue weighted by atomic mass is 16.8. The Kier molecular flexibility index (Phi) is 8.88. The molecule has 0 aromatic carbocycles. The van der Waals surface area contributed by atoms with Gasteiger partial charge in [0.05, 0.1) is 6.42 Å². The molecule has 0 bridgehead atoms. The van der Waals surface area contributed by atoms with E-state index in [-0.39, 0.29) is 37.0 Å². The second kappa shape index (κ2) is 10.9. The molecule has 2 unspecified atom stereocenters. The Morgan fingerprint density at radius 3 is 1.92 bits per heavy atom. The highest BCUT2D eigenvalue weighted by Gasteiger charge is 2.26. The highest BCUT2D eigenvalue weighted by Crippen LogP contribution is 2.22. The first-order chi connectivity index (χ1) is 11.7. The molecule has 2 heterocycles. The first-order valence-electron chi connectivity index (χ1n) is 9.25. The van der Waals surface area contributed by atoms with Crippen LogP contribution in [0.2, 0.25) is 0 Å². The third-order valence-electron chi connectivity index (χ3n) is 4.35. The summed E-state index contributed by atoms with van der Waals surface area (Å²) in [5, 5.41) is 0. The van der Waals surface area contributed by atoms with Crippen molar-refractivity contribution < 1.29 is 28.5 Å². The summed E-state index contributed by atoms with van der Waals surface area (Å²) in [6.45, 7) is 3.16. The molecule has 0 N–H and O–H groups in total. The number of ketones is 2. The Morgan fingerprint density at radius 1 is 0.917 bits per heavy atom. The normalized spacial score (nSPS) is 26.0. The zero-order chi connectivity index (χ0) is 17.2. The van der Waals surface area contributed by atoms with E-state index < -0.39 is 6.29 Å². The quantitative estimate of drug-likeness (QED) is 0.568. The zero-order valence-corrected chi connectivity index (χ0v) is 14.7. The van der Waals surface area contributed by atoms with Gasteiger partial charge in [0.1, 0.15) is 11.6 Å². The fraction of sp³-hybridized carbons (Fsp3) is 0.889. The standard InChI is InChI=1S/C18H30O6/c1-2-14(19)9-10-15(20)13-18(23-16-7-3-5-11-21-16)24-17-8-4-6-12-22-17/h16-18H,2-13H2,1H3. The second-order valence-electron chi connectivity index (χ2n) is 6.43. The average Bonchev–Trinajstić information content (AvgIpc) is 2.61. The molecule has 0 amide bonds. The summed E-state index contributed by atoms with van der Waals surface area (Å²) in [4.78, 5) is 23.5. The van der Waals surface area contributed by atoms with Crippen molar-refractivity contribution in [2.75, 3.05) is 13.2 Å². The van der Waals surface area contributed by atoms with E-state index in [0.29, 0.717) is 26.1 Å². The molecule has 0 radical (unpaired) electrons. The van der Waals surface area contributed by atoms with Crippen LogP contribution in [0.25, 0.3) is 0 Å². The van der Waals surface area contributed by atoms with Crippen molar-refractivity contribution in [2.24, 2.45) is 0 Å². The fourth-order valence-corrected chi connectivity index (χ4v) is 2.85. The molecule has 138 valence electrons. The average molecular weight is 342 g/mol. The predicted octanol–water partition coefficient (Wildman–Crippen LogP) is 3.12. The molecule has 2 aliphatic heterocycles. The monoisotopic (exact) mass is 342 g/mol. The van der Waals surface area contributed by atoms with Gasteiger partial charge in [-0.2, -0.15) is 0 Å². The van der Waals surface area contributed by atoms with Gasteiger partial charge in [0.2, 0.25) is 0 Å². The molecule has 0 spiro atoms. The first kappa shape index (κ1) is 19.5. The van der Waals surface area contributed by atoms with E-state index in [4.69, 9.17) is 18.9 Å². The Bertz CT molecular complexity index is 365. The molecule has 0 saturated carbocycles. The van der Waals surface area contributed by atoms with Crippen LogP contribution in [-0.4, -0.2) is 43.7 Å². The van der Waals surface area contributed by atoms with Crippen molar-refractivity contribution in [2.45, 2.75) is 90.0 Å². The van der Waals surface area contributed by atoms with Gasteiger partial charge >= 0.3 is 0 Å². The van der Waals surface area contributed by atoms with Gasteiger partial charge in [0.25, 0.3) is 0 Å². The molecule has 6 heteroatoms. The van der Waals surface area contributed by atoms with Crippen molar-refractivity contribution in [3.63, 3.8) is 0 Å². The summed E-state index contributed by atoms with van der Waals surface area (Å²) in [5.74, 6) is 0.0846. The van der Waals surface area contributed by atoms with Crippen molar-refractivity contribution in [1.82, 2.24) is 0 Å². The molecule has 0 aromatic rings. The Labute approximate surface area is 144 Å². The maximum absolute atomic E-state index is 12.2. The van der Waals surface area contributed by atoms with Gasteiger partial charge in [-0.1, -0.05) is 6.92 Å². The smallest absolute Gasteiger partial charge is 0.170 e. The minimum Gasteiger partial charge on any atom is -0.353 e. The van der Waals surface area contributed by atoms with Crippen LogP contribution < -0.4 is 0 Å². The molecular weight excluding hydrogens is 312 g/mol. The molecule has 2 aliphatic rings. The number of hydrogen-bond donors (Lipinski definition) is 0. The number of carbonyl (C=O) groups is 2. The predicted molar refractivity (Wildman–Crippen MR) is 87.3 cm³/mol. The Morgan fingerprint density at radius 2 is 1.46 bits per heavy atom. The molecule has 2 fully saturated rings. The maximum atomic E-state index is 12.2. The van der Waals surface area contributed by atoms with Crippen LogP contribution in [0, 0.1) is 0 Å². The lowest BCUT2D eigenvalue weighted by Gasteiger charge is -2.31. The van der Waals surface area contributed by atoms with E-state index >= 15 is 0 Å². The lowest BCUT2D eigenvalue weighted by Crippen LogP contribution is -2.35. The molecule has 2 atom stereocenters. The summed E-state index contributed by atoms with van der Waals surface area (Å²) < 4.78 is 22.9. The number of carbonyl (C=O) groups excluding carboxylic acids is 2. The van der Waals surface area contributed by atoms with Crippen LogP contribution in [0.15, 0.2) is 0 Å². The summed E-state index contributed by atoms with van der Waals surface area (Å²) in [7, 11) is 0. The van der Waals surface area contributed by atoms with Crippen LogP contribution in [0.5, 0.6) is 0 Å². The lowest BCUT2D eigenvalue weighted by molar-refractivity contribution is -0.303. The summed E-state index contributed by atoms with van der Waals surface area (Å²) >= 11 is 0. The molecule has 2 saturated heterocycles. The van der Waals surface area contributed by atoms with Crippen LogP contribution >= 0.6 is 0 Å². The summed E-state index contributed by atoms with van der Waals surface area (Å²) in [6.07, 6.45) is 5.63. The van der Waals surface area contributed by atoms with Crippen LogP contribution in [0.1, 0.15) is 71.1 Å². The number of rotatable bonds is 10. The fourth-order valence-electron chi connectivity index (χ4n) is 2.85. The largest absolute Gasteiger partial charge is 0.353 e. The van der Waals surface area contributed by atoms with Crippen LogP contribution in [0.4, 0.5) is 0 Å². The minimum atomic E-state index is -0.666. The van der Waals surface area contributed by atoms with Gasteiger partial charge in [-0.15, -0.1) is 0 Å². The molecule has 0 aliphatic carbocycles. The molecule has 6 nitrogen and oxygen atoms in total. The molecule has 0 aromatic heterocycles. The van der Waals surface area contributed by atoms with Crippen molar-refractivity contribution in [3.8, 4) is 0 Å². The molecule has 24 heavy (non-hydrogen) atoms. The van der Waals surface area contributed by atoms with Crippen molar-refractivity contribution in [3.05, 3.63) is 0 Å². The van der Waals surface area contributed by atoms with Gasteiger partial charge in [-0.25, -0.2) is 0 Å². The van der Waals surface area contributed by atoms with Crippen LogP contribution in [0.3, 0.4) is 0 Å². The lowest BCUT2D eigenvalue weighted by atomic mass is 10.1. The summed E-state index contributed by atoms with van der Waals surface area (Å²) in [6, 6.07) is 0. The van der Waals surface area contributed by atoms with Gasteiger partial charge < -0.3 is 18.9 Å². The van der Waals surface area contributed by atoms with E-state index in [1.54, 1.807) is 0 Å². The molecular formula is C18H30O6. The second-order valence-corrected chi connectivity index (χ2v) is 6.43. The molecule has 2 rings (SSSR count). The topological polar surface area (TPSA) is 71.1 Å². The van der Waals surface area contributed by atoms with Gasteiger partial charge in [0.15, 0.2) is 18.9 Å². The Hall–Kier alpha value is -0.820. The SMILES string of the molecule is CCC(=O)CCC(=O)CC(OC1CCCCO1)OC1CCCCO1. The third-order valence-corrected chi connectivity index (χ3v) is 4.35.